The van der Waals surface area contributed by atoms with Gasteiger partial charge in [-0.1, -0.05) is 18.2 Å². The normalized spacial score (nSPS) is 16.6. The first-order valence-electron chi connectivity index (χ1n) is 10.2. The number of rotatable bonds is 6. The fraction of sp³-hybridized carbons (Fsp3) is 0.167. The maximum Gasteiger partial charge on any atom is 0.289 e. The van der Waals surface area contributed by atoms with Crippen molar-refractivity contribution in [1.29, 1.82) is 0 Å². The molecule has 0 fully saturated rings. The smallest absolute Gasteiger partial charge is 0.289 e. The standard InChI is InChI=1S/C24H22N4O3/c29-19-4-1-3-17(14-19)21-22(18-5-6-20-16(13-18)7-8-26-20)28(24(31)23(21)30)11-2-10-27-12-9-25-15-27/h1,3-9,12-15,22,26,29-30H,2,10-11H2/t22-/m1/s1. The monoisotopic (exact) mass is 414 g/mol. The molecule has 2 aromatic carbocycles. The zero-order valence-corrected chi connectivity index (χ0v) is 16.8. The Bertz CT molecular complexity index is 1270. The number of carbonyl (C=O) groups is 1. The van der Waals surface area contributed by atoms with Crippen molar-refractivity contribution in [2.24, 2.45) is 0 Å². The van der Waals surface area contributed by atoms with E-state index in [2.05, 4.69) is 9.97 Å². The highest BCUT2D eigenvalue weighted by molar-refractivity contribution is 6.05. The number of nitrogens with one attached hydrogen (secondary N) is 1. The molecule has 0 bridgehead atoms. The van der Waals surface area contributed by atoms with E-state index in [4.69, 9.17) is 0 Å². The summed E-state index contributed by atoms with van der Waals surface area (Å²) in [4.78, 5) is 22.0. The zero-order valence-electron chi connectivity index (χ0n) is 16.8. The molecule has 0 unspecified atom stereocenters. The number of nitrogens with zero attached hydrogens (tertiary/aromatic N) is 3. The number of aromatic hydroxyl groups is 1. The van der Waals surface area contributed by atoms with E-state index in [9.17, 15) is 15.0 Å². The summed E-state index contributed by atoms with van der Waals surface area (Å²) < 4.78 is 1.96. The lowest BCUT2D eigenvalue weighted by atomic mass is 9.92. The summed E-state index contributed by atoms with van der Waals surface area (Å²) in [6.45, 7) is 1.19. The lowest BCUT2D eigenvalue weighted by Crippen LogP contribution is -2.31. The molecule has 1 aliphatic heterocycles. The summed E-state index contributed by atoms with van der Waals surface area (Å²) in [5, 5.41) is 21.9. The predicted octanol–water partition coefficient (Wildman–Crippen LogP) is 4.01. The van der Waals surface area contributed by atoms with E-state index in [0.717, 1.165) is 23.0 Å². The number of phenols is 1. The minimum atomic E-state index is -0.448. The molecule has 3 heterocycles. The number of aromatic amines is 1. The van der Waals surface area contributed by atoms with E-state index in [1.807, 2.05) is 41.2 Å². The van der Waals surface area contributed by atoms with Gasteiger partial charge in [0.2, 0.25) is 0 Å². The highest BCUT2D eigenvalue weighted by Gasteiger charge is 2.40. The molecular formula is C24H22N4O3. The molecule has 0 radical (unpaired) electrons. The maximum atomic E-state index is 13.1. The van der Waals surface area contributed by atoms with Crippen molar-refractivity contribution >= 4 is 22.4 Å². The van der Waals surface area contributed by atoms with Crippen molar-refractivity contribution in [2.75, 3.05) is 6.54 Å². The van der Waals surface area contributed by atoms with Gasteiger partial charge in [0.15, 0.2) is 5.76 Å². The molecular weight excluding hydrogens is 392 g/mol. The van der Waals surface area contributed by atoms with Gasteiger partial charge in [-0.3, -0.25) is 4.79 Å². The van der Waals surface area contributed by atoms with Crippen LogP contribution in [0.1, 0.15) is 23.6 Å². The molecule has 0 saturated carbocycles. The number of fused-ring (bicyclic) bond motifs is 1. The molecule has 156 valence electrons. The van der Waals surface area contributed by atoms with E-state index in [1.165, 1.54) is 0 Å². The number of aromatic nitrogens is 3. The lowest BCUT2D eigenvalue weighted by Gasteiger charge is -2.27. The molecule has 0 saturated heterocycles. The van der Waals surface area contributed by atoms with Crippen LogP contribution in [-0.4, -0.2) is 42.1 Å². The second kappa shape index (κ2) is 7.68. The number of H-pyrrole nitrogens is 1. The largest absolute Gasteiger partial charge is 0.508 e. The molecule has 1 atom stereocenters. The van der Waals surface area contributed by atoms with Crippen molar-refractivity contribution in [3.8, 4) is 5.75 Å². The number of hydrogen-bond acceptors (Lipinski definition) is 4. The van der Waals surface area contributed by atoms with Crippen LogP contribution in [0.25, 0.3) is 16.5 Å². The lowest BCUT2D eigenvalue weighted by molar-refractivity contribution is -0.129. The van der Waals surface area contributed by atoms with E-state index in [0.29, 0.717) is 24.1 Å². The van der Waals surface area contributed by atoms with Gasteiger partial charge in [-0.25, -0.2) is 4.98 Å². The third-order valence-electron chi connectivity index (χ3n) is 5.73. The number of hydrogen-bond donors (Lipinski definition) is 3. The van der Waals surface area contributed by atoms with Crippen molar-refractivity contribution in [1.82, 2.24) is 19.4 Å². The third-order valence-corrected chi connectivity index (χ3v) is 5.73. The number of carbonyl (C=O) groups excluding carboxylic acids is 1. The Morgan fingerprint density at radius 3 is 2.77 bits per heavy atom. The van der Waals surface area contributed by atoms with Gasteiger partial charge in [0.1, 0.15) is 5.75 Å². The quantitative estimate of drug-likeness (QED) is 0.444. The topological polar surface area (TPSA) is 94.4 Å². The van der Waals surface area contributed by atoms with E-state index < -0.39 is 11.9 Å². The first-order chi connectivity index (χ1) is 15.1. The van der Waals surface area contributed by atoms with Gasteiger partial charge in [-0.15, -0.1) is 0 Å². The molecule has 7 heteroatoms. The number of aryl methyl sites for hydroxylation is 1. The van der Waals surface area contributed by atoms with Crippen LogP contribution in [0, 0.1) is 0 Å². The van der Waals surface area contributed by atoms with Crippen LogP contribution in [-0.2, 0) is 11.3 Å². The second-order valence-electron chi connectivity index (χ2n) is 7.69. The summed E-state index contributed by atoms with van der Waals surface area (Å²) in [6, 6.07) is 14.2. The molecule has 1 amide bonds. The molecule has 3 N–H and O–H groups in total. The molecule has 2 aromatic heterocycles. The van der Waals surface area contributed by atoms with E-state index in [-0.39, 0.29) is 11.5 Å². The number of phenolic OH excluding ortho intramolecular Hbond substituents is 1. The summed E-state index contributed by atoms with van der Waals surface area (Å²) in [7, 11) is 0. The van der Waals surface area contributed by atoms with Crippen molar-refractivity contribution < 1.29 is 15.0 Å². The first-order valence-corrected chi connectivity index (χ1v) is 10.2. The highest BCUT2D eigenvalue weighted by Crippen LogP contribution is 2.44. The van der Waals surface area contributed by atoms with Crippen molar-refractivity contribution in [2.45, 2.75) is 19.0 Å². The molecule has 0 spiro atoms. The average Bonchev–Trinajstić information content (AvgIpc) is 3.50. The van der Waals surface area contributed by atoms with Gasteiger partial charge in [0.25, 0.3) is 5.91 Å². The van der Waals surface area contributed by atoms with Crippen LogP contribution in [0.5, 0.6) is 5.75 Å². The van der Waals surface area contributed by atoms with E-state index >= 15 is 0 Å². The number of imidazole rings is 1. The Morgan fingerprint density at radius 2 is 1.97 bits per heavy atom. The SMILES string of the molecule is O=C1C(O)=C(c2cccc(O)c2)[C@@H](c2ccc3[nH]ccc3c2)N1CCCn1ccnc1. The first kappa shape index (κ1) is 19.0. The Labute approximate surface area is 178 Å². The Kier molecular flexibility index (Phi) is 4.71. The zero-order chi connectivity index (χ0) is 21.4. The van der Waals surface area contributed by atoms with Crippen molar-refractivity contribution in [3.63, 3.8) is 0 Å². The van der Waals surface area contributed by atoms with Gasteiger partial charge < -0.3 is 24.7 Å². The van der Waals surface area contributed by atoms with Gasteiger partial charge in [0, 0.05) is 42.8 Å². The number of aliphatic hydroxyl groups excluding tert-OH is 1. The number of benzene rings is 2. The second-order valence-corrected chi connectivity index (χ2v) is 7.69. The van der Waals surface area contributed by atoms with Crippen LogP contribution in [0.3, 0.4) is 0 Å². The minimum Gasteiger partial charge on any atom is -0.508 e. The minimum absolute atomic E-state index is 0.0867. The van der Waals surface area contributed by atoms with Crippen LogP contribution >= 0.6 is 0 Å². The molecule has 1 aliphatic rings. The Morgan fingerprint density at radius 1 is 1.06 bits per heavy atom. The maximum absolute atomic E-state index is 13.1. The molecule has 31 heavy (non-hydrogen) atoms. The molecule has 5 rings (SSSR count). The van der Waals surface area contributed by atoms with Crippen LogP contribution in [0.4, 0.5) is 0 Å². The van der Waals surface area contributed by atoms with Crippen LogP contribution in [0.15, 0.2) is 79.2 Å². The van der Waals surface area contributed by atoms with E-state index in [1.54, 1.807) is 41.7 Å². The van der Waals surface area contributed by atoms with Crippen LogP contribution < -0.4 is 0 Å². The Balaban J connectivity index is 1.54. The van der Waals surface area contributed by atoms with Gasteiger partial charge in [0.05, 0.1) is 12.4 Å². The summed E-state index contributed by atoms with van der Waals surface area (Å²) >= 11 is 0. The van der Waals surface area contributed by atoms with Gasteiger partial charge >= 0.3 is 0 Å². The molecule has 0 aliphatic carbocycles. The fourth-order valence-corrected chi connectivity index (χ4v) is 4.28. The van der Waals surface area contributed by atoms with Gasteiger partial charge in [-0.2, -0.15) is 0 Å². The summed E-state index contributed by atoms with van der Waals surface area (Å²) in [5.74, 6) is -0.584. The highest BCUT2D eigenvalue weighted by atomic mass is 16.3. The average molecular weight is 414 g/mol. The molecule has 4 aromatic rings. The molecule has 7 nitrogen and oxygen atoms in total. The van der Waals surface area contributed by atoms with Gasteiger partial charge in [-0.05, 0) is 53.3 Å². The Hall–Kier alpha value is -4.00. The number of aliphatic hydroxyl groups is 1. The van der Waals surface area contributed by atoms with Crippen molar-refractivity contribution in [3.05, 3.63) is 90.3 Å². The fourth-order valence-electron chi connectivity index (χ4n) is 4.28. The summed E-state index contributed by atoms with van der Waals surface area (Å²) in [5.41, 5.74) is 3.05. The third kappa shape index (κ3) is 3.44. The summed E-state index contributed by atoms with van der Waals surface area (Å²) in [6.07, 6.45) is 7.95. The number of amides is 1. The van der Waals surface area contributed by atoms with Crippen LogP contribution in [0.2, 0.25) is 0 Å². The predicted molar refractivity (Wildman–Crippen MR) is 117 cm³/mol.